The van der Waals surface area contributed by atoms with Crippen LogP contribution in [-0.2, 0) is 6.42 Å². The summed E-state index contributed by atoms with van der Waals surface area (Å²) in [6.07, 6.45) is 4.12. The number of benzene rings is 1. The van der Waals surface area contributed by atoms with Gasteiger partial charge in [-0.2, -0.15) is 0 Å². The van der Waals surface area contributed by atoms with E-state index in [2.05, 4.69) is 34.6 Å². The van der Waals surface area contributed by atoms with Crippen molar-refractivity contribution in [2.45, 2.75) is 12.8 Å². The molecule has 2 nitrogen and oxygen atoms in total. The van der Waals surface area contributed by atoms with Gasteiger partial charge in [-0.15, -0.1) is 0 Å². The largest absolute Gasteiger partial charge is 0.320 e. The number of hydrogen-bond acceptors (Lipinski definition) is 2. The van der Waals surface area contributed by atoms with Gasteiger partial charge in [-0.3, -0.25) is 4.98 Å². The summed E-state index contributed by atoms with van der Waals surface area (Å²) >= 11 is 0. The second-order valence-corrected chi connectivity index (χ2v) is 3.70. The molecule has 2 aromatic rings. The Kier molecular flexibility index (Phi) is 3.30. The molecule has 1 N–H and O–H groups in total. The summed E-state index contributed by atoms with van der Waals surface area (Å²) in [6.45, 7) is 1.06. The Morgan fingerprint density at radius 1 is 1.20 bits per heavy atom. The predicted molar refractivity (Wildman–Crippen MR) is 64.0 cm³/mol. The molecule has 0 fully saturated rings. The first-order valence-electron chi connectivity index (χ1n) is 5.39. The van der Waals surface area contributed by atoms with Crippen LogP contribution in [0.2, 0.25) is 0 Å². The molecular formula is C13H16N2. The SMILES string of the molecule is CNCCCc1cccc2cccnc12. The Hall–Kier alpha value is -1.41. The second kappa shape index (κ2) is 4.89. The van der Waals surface area contributed by atoms with E-state index in [9.17, 15) is 0 Å². The maximum atomic E-state index is 4.44. The van der Waals surface area contributed by atoms with Gasteiger partial charge in [0, 0.05) is 11.6 Å². The van der Waals surface area contributed by atoms with E-state index in [1.807, 2.05) is 19.3 Å². The van der Waals surface area contributed by atoms with E-state index in [-0.39, 0.29) is 0 Å². The highest BCUT2D eigenvalue weighted by atomic mass is 14.8. The number of nitrogens with zero attached hydrogens (tertiary/aromatic N) is 1. The van der Waals surface area contributed by atoms with Gasteiger partial charge in [0.15, 0.2) is 0 Å². The van der Waals surface area contributed by atoms with Gasteiger partial charge in [-0.1, -0.05) is 24.3 Å². The van der Waals surface area contributed by atoms with Crippen molar-refractivity contribution < 1.29 is 0 Å². The van der Waals surface area contributed by atoms with Gasteiger partial charge in [0.2, 0.25) is 0 Å². The van der Waals surface area contributed by atoms with Crippen LogP contribution in [-0.4, -0.2) is 18.6 Å². The summed E-state index contributed by atoms with van der Waals surface area (Å²) in [6, 6.07) is 10.5. The van der Waals surface area contributed by atoms with E-state index in [0.29, 0.717) is 0 Å². The van der Waals surface area contributed by atoms with Crippen LogP contribution in [0.1, 0.15) is 12.0 Å². The maximum Gasteiger partial charge on any atom is 0.0733 e. The highest BCUT2D eigenvalue weighted by molar-refractivity contribution is 5.81. The first-order valence-corrected chi connectivity index (χ1v) is 5.39. The van der Waals surface area contributed by atoms with Crippen molar-refractivity contribution in [2.24, 2.45) is 0 Å². The third kappa shape index (κ3) is 2.34. The van der Waals surface area contributed by atoms with Crippen LogP contribution in [0.5, 0.6) is 0 Å². The highest BCUT2D eigenvalue weighted by Crippen LogP contribution is 2.16. The first-order chi connectivity index (χ1) is 7.42. The number of rotatable bonds is 4. The molecule has 0 atom stereocenters. The van der Waals surface area contributed by atoms with Crippen molar-refractivity contribution in [1.29, 1.82) is 0 Å². The first kappa shape index (κ1) is 10.1. The molecule has 0 radical (unpaired) electrons. The molecule has 0 aliphatic carbocycles. The number of nitrogens with one attached hydrogen (secondary N) is 1. The fourth-order valence-corrected chi connectivity index (χ4v) is 1.82. The van der Waals surface area contributed by atoms with Crippen molar-refractivity contribution in [3.8, 4) is 0 Å². The van der Waals surface area contributed by atoms with E-state index in [0.717, 1.165) is 24.9 Å². The molecule has 0 amide bonds. The molecule has 1 aromatic carbocycles. The fraction of sp³-hybridized carbons (Fsp3) is 0.308. The minimum absolute atomic E-state index is 1.06. The van der Waals surface area contributed by atoms with Crippen LogP contribution in [0.15, 0.2) is 36.5 Å². The summed E-state index contributed by atoms with van der Waals surface area (Å²) in [5.74, 6) is 0. The summed E-state index contributed by atoms with van der Waals surface area (Å²) in [5, 5.41) is 4.40. The second-order valence-electron chi connectivity index (χ2n) is 3.70. The molecule has 0 unspecified atom stereocenters. The van der Waals surface area contributed by atoms with Gasteiger partial charge >= 0.3 is 0 Å². The lowest BCUT2D eigenvalue weighted by molar-refractivity contribution is 0.726. The van der Waals surface area contributed by atoms with Crippen LogP contribution < -0.4 is 5.32 Å². The predicted octanol–water partition coefficient (Wildman–Crippen LogP) is 2.39. The minimum atomic E-state index is 1.06. The van der Waals surface area contributed by atoms with Gasteiger partial charge in [0.25, 0.3) is 0 Å². The fourth-order valence-electron chi connectivity index (χ4n) is 1.82. The molecule has 0 bridgehead atoms. The summed E-state index contributed by atoms with van der Waals surface area (Å²) < 4.78 is 0. The zero-order valence-electron chi connectivity index (χ0n) is 9.03. The van der Waals surface area contributed by atoms with E-state index in [1.54, 1.807) is 0 Å². The van der Waals surface area contributed by atoms with E-state index in [4.69, 9.17) is 0 Å². The van der Waals surface area contributed by atoms with Crippen LogP contribution in [0.3, 0.4) is 0 Å². The number of aromatic nitrogens is 1. The molecule has 2 rings (SSSR count). The molecular weight excluding hydrogens is 184 g/mol. The average Bonchev–Trinajstić information content (AvgIpc) is 2.30. The average molecular weight is 200 g/mol. The number of hydrogen-bond donors (Lipinski definition) is 1. The smallest absolute Gasteiger partial charge is 0.0733 e. The molecule has 1 aromatic heterocycles. The molecule has 0 spiro atoms. The monoisotopic (exact) mass is 200 g/mol. The summed E-state index contributed by atoms with van der Waals surface area (Å²) in [7, 11) is 1.99. The lowest BCUT2D eigenvalue weighted by Gasteiger charge is -2.04. The van der Waals surface area contributed by atoms with Gasteiger partial charge < -0.3 is 5.32 Å². The standard InChI is InChI=1S/C13H16N2/c1-14-9-3-7-11-5-2-6-12-8-4-10-15-13(11)12/h2,4-6,8,10,14H,3,7,9H2,1H3. The molecule has 0 saturated heterocycles. The van der Waals surface area contributed by atoms with Crippen LogP contribution in [0.25, 0.3) is 10.9 Å². The van der Waals surface area contributed by atoms with Crippen molar-refractivity contribution in [2.75, 3.05) is 13.6 Å². The number of aryl methyl sites for hydroxylation is 1. The maximum absolute atomic E-state index is 4.44. The van der Waals surface area contributed by atoms with Crippen molar-refractivity contribution in [1.82, 2.24) is 10.3 Å². The van der Waals surface area contributed by atoms with E-state index < -0.39 is 0 Å². The minimum Gasteiger partial charge on any atom is -0.320 e. The molecule has 15 heavy (non-hydrogen) atoms. The molecule has 0 aliphatic heterocycles. The highest BCUT2D eigenvalue weighted by Gasteiger charge is 2.00. The van der Waals surface area contributed by atoms with Gasteiger partial charge in [0.05, 0.1) is 5.52 Å². The van der Waals surface area contributed by atoms with E-state index >= 15 is 0 Å². The Balaban J connectivity index is 2.26. The van der Waals surface area contributed by atoms with Crippen molar-refractivity contribution in [3.05, 3.63) is 42.1 Å². The Morgan fingerprint density at radius 2 is 2.07 bits per heavy atom. The molecule has 78 valence electrons. The summed E-state index contributed by atoms with van der Waals surface area (Å²) in [5.41, 5.74) is 2.50. The lowest BCUT2D eigenvalue weighted by atomic mass is 10.1. The molecule has 2 heteroatoms. The third-order valence-electron chi connectivity index (χ3n) is 2.59. The Labute approximate surface area is 90.3 Å². The lowest BCUT2D eigenvalue weighted by Crippen LogP contribution is -2.08. The Morgan fingerprint density at radius 3 is 2.93 bits per heavy atom. The van der Waals surface area contributed by atoms with Gasteiger partial charge in [0.1, 0.15) is 0 Å². The molecule has 0 aliphatic rings. The molecule has 0 saturated carbocycles. The Bertz CT molecular complexity index is 432. The number of fused-ring (bicyclic) bond motifs is 1. The quantitative estimate of drug-likeness (QED) is 0.766. The van der Waals surface area contributed by atoms with Gasteiger partial charge in [-0.25, -0.2) is 0 Å². The van der Waals surface area contributed by atoms with Gasteiger partial charge in [-0.05, 0) is 38.1 Å². The summed E-state index contributed by atoms with van der Waals surface area (Å²) in [4.78, 5) is 4.44. The number of para-hydroxylation sites is 1. The number of pyridine rings is 1. The zero-order valence-corrected chi connectivity index (χ0v) is 9.03. The van der Waals surface area contributed by atoms with Crippen LogP contribution >= 0.6 is 0 Å². The topological polar surface area (TPSA) is 24.9 Å². The van der Waals surface area contributed by atoms with Crippen LogP contribution in [0, 0.1) is 0 Å². The molecule has 1 heterocycles. The van der Waals surface area contributed by atoms with Crippen LogP contribution in [0.4, 0.5) is 0 Å². The third-order valence-corrected chi connectivity index (χ3v) is 2.59. The van der Waals surface area contributed by atoms with Crippen molar-refractivity contribution >= 4 is 10.9 Å². The zero-order chi connectivity index (χ0) is 10.5. The van der Waals surface area contributed by atoms with Crippen molar-refractivity contribution in [3.63, 3.8) is 0 Å². The van der Waals surface area contributed by atoms with E-state index in [1.165, 1.54) is 10.9 Å². The normalized spacial score (nSPS) is 10.7.